The molecule has 4 nitrogen and oxygen atoms in total. The molecule has 13 heavy (non-hydrogen) atoms. The van der Waals surface area contributed by atoms with Crippen molar-refractivity contribution in [3.63, 3.8) is 0 Å². The van der Waals surface area contributed by atoms with E-state index in [-0.39, 0.29) is 0 Å². The third kappa shape index (κ3) is 2.19. The lowest BCUT2D eigenvalue weighted by Crippen LogP contribution is -2.25. The van der Waals surface area contributed by atoms with Gasteiger partial charge in [-0.1, -0.05) is 18.2 Å². The lowest BCUT2D eigenvalue weighted by atomic mass is 10.2. The Kier molecular flexibility index (Phi) is 2.58. The van der Waals surface area contributed by atoms with E-state index in [0.29, 0.717) is 5.69 Å². The number of hydrogen-bond donors (Lipinski definition) is 1. The van der Waals surface area contributed by atoms with Gasteiger partial charge >= 0.3 is 10.3 Å². The Morgan fingerprint density at radius 3 is 2.31 bits per heavy atom. The van der Waals surface area contributed by atoms with Gasteiger partial charge in [0, 0.05) is 7.05 Å². The third-order valence-corrected chi connectivity index (χ3v) is 2.69. The molecule has 0 fully saturated rings. The van der Waals surface area contributed by atoms with E-state index in [2.05, 4.69) is 0 Å². The van der Waals surface area contributed by atoms with Crippen molar-refractivity contribution in [2.24, 2.45) is 0 Å². The van der Waals surface area contributed by atoms with E-state index in [1.807, 2.05) is 0 Å². The number of anilines is 1. The molecule has 1 aromatic rings. The number of hydrogen-bond acceptors (Lipinski definition) is 2. The monoisotopic (exact) mass is 201 g/mol. The van der Waals surface area contributed by atoms with Crippen molar-refractivity contribution in [1.29, 1.82) is 0 Å². The fraction of sp³-hybridized carbons (Fsp3) is 0.250. The molecule has 1 rings (SSSR count). The highest BCUT2D eigenvalue weighted by Crippen LogP contribution is 2.19. The zero-order valence-electron chi connectivity index (χ0n) is 7.43. The van der Waals surface area contributed by atoms with Crippen LogP contribution in [-0.4, -0.2) is 20.0 Å². The van der Waals surface area contributed by atoms with Gasteiger partial charge in [-0.15, -0.1) is 0 Å². The Morgan fingerprint density at radius 2 is 1.85 bits per heavy atom. The van der Waals surface area contributed by atoms with Crippen LogP contribution in [0.3, 0.4) is 0 Å². The second kappa shape index (κ2) is 3.35. The van der Waals surface area contributed by atoms with Gasteiger partial charge < -0.3 is 0 Å². The van der Waals surface area contributed by atoms with Crippen LogP contribution in [-0.2, 0) is 10.3 Å². The summed E-state index contributed by atoms with van der Waals surface area (Å²) in [7, 11) is -2.84. The Balaban J connectivity index is 3.17. The second-order valence-corrected chi connectivity index (χ2v) is 4.18. The molecule has 0 spiro atoms. The molecule has 0 saturated heterocycles. The second-order valence-electron chi connectivity index (χ2n) is 2.73. The number of para-hydroxylation sites is 1. The standard InChI is InChI=1S/C8H11NO3S/c1-7-5-3-4-6-8(7)9(2)13(10,11)12/h3-6H,1-2H3,(H,10,11,12). The molecule has 0 amide bonds. The van der Waals surface area contributed by atoms with Gasteiger partial charge in [0.2, 0.25) is 0 Å². The summed E-state index contributed by atoms with van der Waals surface area (Å²) >= 11 is 0. The molecular formula is C8H11NO3S. The first-order chi connectivity index (χ1) is 5.93. The average Bonchev–Trinajstić information content (AvgIpc) is 2.02. The van der Waals surface area contributed by atoms with E-state index in [1.165, 1.54) is 7.05 Å². The summed E-state index contributed by atoms with van der Waals surface area (Å²) in [4.78, 5) is 0. The van der Waals surface area contributed by atoms with E-state index in [9.17, 15) is 8.42 Å². The van der Waals surface area contributed by atoms with Crippen molar-refractivity contribution in [3.05, 3.63) is 29.8 Å². The molecule has 1 N–H and O–H groups in total. The van der Waals surface area contributed by atoms with Crippen LogP contribution in [0.1, 0.15) is 5.56 Å². The minimum Gasteiger partial charge on any atom is -0.269 e. The van der Waals surface area contributed by atoms with Gasteiger partial charge in [-0.25, -0.2) is 0 Å². The maximum Gasteiger partial charge on any atom is 0.359 e. The van der Waals surface area contributed by atoms with Crippen molar-refractivity contribution in [1.82, 2.24) is 0 Å². The smallest absolute Gasteiger partial charge is 0.269 e. The van der Waals surface area contributed by atoms with Crippen molar-refractivity contribution in [3.8, 4) is 0 Å². The van der Waals surface area contributed by atoms with Gasteiger partial charge in [0.15, 0.2) is 0 Å². The van der Waals surface area contributed by atoms with Crippen LogP contribution in [0.25, 0.3) is 0 Å². The van der Waals surface area contributed by atoms with Crippen molar-refractivity contribution >= 4 is 16.0 Å². The number of nitrogens with zero attached hydrogens (tertiary/aromatic N) is 1. The summed E-state index contributed by atoms with van der Waals surface area (Å²) in [5.74, 6) is 0. The van der Waals surface area contributed by atoms with Gasteiger partial charge in [-0.3, -0.25) is 8.86 Å². The summed E-state index contributed by atoms with van der Waals surface area (Å²) in [5, 5.41) is 0. The minimum atomic E-state index is -4.15. The molecular weight excluding hydrogens is 190 g/mol. The molecule has 5 heteroatoms. The Morgan fingerprint density at radius 1 is 1.31 bits per heavy atom. The van der Waals surface area contributed by atoms with Crippen LogP contribution in [0.15, 0.2) is 24.3 Å². The summed E-state index contributed by atoms with van der Waals surface area (Å²) in [6, 6.07) is 6.92. The van der Waals surface area contributed by atoms with E-state index < -0.39 is 10.3 Å². The number of benzene rings is 1. The average molecular weight is 201 g/mol. The minimum absolute atomic E-state index is 0.477. The summed E-state index contributed by atoms with van der Waals surface area (Å²) in [5.41, 5.74) is 1.27. The van der Waals surface area contributed by atoms with Crippen LogP contribution >= 0.6 is 0 Å². The molecule has 0 aromatic heterocycles. The normalized spacial score (nSPS) is 11.3. The SMILES string of the molecule is Cc1ccccc1N(C)S(=O)(=O)O. The molecule has 1 aromatic carbocycles. The summed E-state index contributed by atoms with van der Waals surface area (Å²) in [6.45, 7) is 1.77. The van der Waals surface area contributed by atoms with Crippen LogP contribution < -0.4 is 4.31 Å². The van der Waals surface area contributed by atoms with E-state index in [0.717, 1.165) is 9.87 Å². The molecule has 0 atom stereocenters. The largest absolute Gasteiger partial charge is 0.359 e. The van der Waals surface area contributed by atoms with Gasteiger partial charge in [0.25, 0.3) is 0 Å². The first-order valence-electron chi connectivity index (χ1n) is 3.70. The van der Waals surface area contributed by atoms with E-state index in [1.54, 1.807) is 31.2 Å². The molecule has 0 radical (unpaired) electrons. The molecule has 0 saturated carbocycles. The molecule has 0 aliphatic rings. The summed E-state index contributed by atoms with van der Waals surface area (Å²) < 4.78 is 31.1. The van der Waals surface area contributed by atoms with Gasteiger partial charge in [0.1, 0.15) is 0 Å². The van der Waals surface area contributed by atoms with Crippen molar-refractivity contribution in [2.45, 2.75) is 6.92 Å². The fourth-order valence-corrected chi connectivity index (χ4v) is 1.49. The van der Waals surface area contributed by atoms with E-state index >= 15 is 0 Å². The van der Waals surface area contributed by atoms with Gasteiger partial charge in [-0.2, -0.15) is 8.42 Å². The van der Waals surface area contributed by atoms with Crippen LogP contribution in [0.4, 0.5) is 5.69 Å². The Bertz CT molecular complexity index is 400. The fourth-order valence-electron chi connectivity index (χ4n) is 1.04. The lowest BCUT2D eigenvalue weighted by molar-refractivity contribution is 0.481. The molecule has 0 bridgehead atoms. The first kappa shape index (κ1) is 10.0. The molecule has 0 heterocycles. The number of aryl methyl sites for hydroxylation is 1. The molecule has 0 aliphatic carbocycles. The zero-order chi connectivity index (χ0) is 10.1. The maximum atomic E-state index is 10.8. The van der Waals surface area contributed by atoms with Crippen molar-refractivity contribution < 1.29 is 13.0 Å². The highest BCUT2D eigenvalue weighted by molar-refractivity contribution is 7.87. The van der Waals surface area contributed by atoms with E-state index in [4.69, 9.17) is 4.55 Å². The van der Waals surface area contributed by atoms with Crippen molar-refractivity contribution in [2.75, 3.05) is 11.4 Å². The maximum absolute atomic E-state index is 10.8. The highest BCUT2D eigenvalue weighted by Gasteiger charge is 2.14. The summed E-state index contributed by atoms with van der Waals surface area (Å²) in [6.07, 6.45) is 0. The van der Waals surface area contributed by atoms with Crippen LogP contribution in [0.5, 0.6) is 0 Å². The van der Waals surface area contributed by atoms with Crippen LogP contribution in [0.2, 0.25) is 0 Å². The zero-order valence-corrected chi connectivity index (χ0v) is 8.25. The topological polar surface area (TPSA) is 57.6 Å². The highest BCUT2D eigenvalue weighted by atomic mass is 32.2. The Labute approximate surface area is 77.7 Å². The predicted molar refractivity (Wildman–Crippen MR) is 51.1 cm³/mol. The Hall–Kier alpha value is -1.07. The first-order valence-corrected chi connectivity index (χ1v) is 5.09. The predicted octanol–water partition coefficient (Wildman–Crippen LogP) is 1.23. The van der Waals surface area contributed by atoms with Crippen LogP contribution in [0, 0.1) is 6.92 Å². The molecule has 0 aliphatic heterocycles. The molecule has 72 valence electrons. The molecule has 0 unspecified atom stereocenters. The van der Waals surface area contributed by atoms with Gasteiger partial charge in [0.05, 0.1) is 5.69 Å². The van der Waals surface area contributed by atoms with Gasteiger partial charge in [-0.05, 0) is 18.6 Å². The third-order valence-electron chi connectivity index (χ3n) is 1.80. The lowest BCUT2D eigenvalue weighted by Gasteiger charge is -2.16. The quantitative estimate of drug-likeness (QED) is 0.732. The number of rotatable bonds is 2.